The quantitative estimate of drug-likeness (QED) is 0.0763. The van der Waals surface area contributed by atoms with Crippen molar-refractivity contribution in [2.75, 3.05) is 0 Å². The highest BCUT2D eigenvalue weighted by Gasteiger charge is 2.30. The maximum absolute atomic E-state index is 2.46. The van der Waals surface area contributed by atoms with E-state index in [0.717, 1.165) is 48.9 Å². The lowest BCUT2D eigenvalue weighted by molar-refractivity contribution is -0.665. The second-order valence-corrected chi connectivity index (χ2v) is 42.4. The molecule has 5 aromatic heterocycles. The second kappa shape index (κ2) is 43.1. The smallest absolute Gasteiger partial charge is 0.198 e. The fourth-order valence-electron chi connectivity index (χ4n) is 24.1. The average Bonchev–Trinajstić information content (AvgIpc) is 0.788. The van der Waals surface area contributed by atoms with E-state index >= 15 is 0 Å². The number of hydrogen-bond acceptors (Lipinski definition) is 0. The molecule has 134 heavy (non-hydrogen) atoms. The van der Waals surface area contributed by atoms with Gasteiger partial charge in [0.1, 0.15) is 35.2 Å². The number of hydrogen-bond donors (Lipinski definition) is 0. The summed E-state index contributed by atoms with van der Waals surface area (Å²) in [5, 5.41) is 13.8. The van der Waals surface area contributed by atoms with Crippen molar-refractivity contribution in [1.29, 1.82) is 0 Å². The molecule has 0 unspecified atom stereocenters. The van der Waals surface area contributed by atoms with E-state index in [-0.39, 0.29) is 0 Å². The van der Waals surface area contributed by atoms with Crippen LogP contribution in [0.15, 0.2) is 206 Å². The van der Waals surface area contributed by atoms with Gasteiger partial charge in [-0.1, -0.05) is 276 Å². The monoisotopic (exact) mass is 1780 g/mol. The number of fused-ring (bicyclic) bond motifs is 5. The van der Waals surface area contributed by atoms with Gasteiger partial charge in [0.25, 0.3) is 0 Å². The fourth-order valence-corrected chi connectivity index (χ4v) is 24.1. The first-order valence-electron chi connectivity index (χ1n) is 52.2. The number of nitrogens with zero attached hydrogens (tertiary/aromatic N) is 5. The van der Waals surface area contributed by atoms with E-state index < -0.39 is 0 Å². The van der Waals surface area contributed by atoms with Crippen molar-refractivity contribution in [2.24, 2.45) is 64.8 Å². The van der Waals surface area contributed by atoms with Gasteiger partial charge in [0.2, 0.25) is 28.5 Å². The standard InChI is InChI=1S/C28H36N.2C26H32N.C25H30N.C24H28N/c1-6-21-16-24(7-2)20(4)27(18-21)28-26-13-12-23(15-22-10-8-9-11-22)17-25(26)14-19(3)29(28)5;1-17-12-18(2)20(4)25(13-17)26-24-11-10-22(15-21-8-6-7-9-21)16-23(24)14-19(3)27(26)5;1-5-20-11-10-18(2)25(17-20)26-24-13-12-22(15-21-8-6-7-9-21)16-23(24)14-19(3)27(26)4;1-17-9-10-18(2)24(13-17)25-23-12-11-21(15-20-7-5-6-8-20)16-22(23)14-19(3)26(25)4;1-17-8-4-7-11-22(17)24-23-13-12-20(15-19-9-5-6-10-19)16-21(23)14-18(2)25(24)3/h12-14,16-18,22H,6-11,15H2,1-5H3;10-14,16,21H,6-9,15H2,1-5H3;10-14,16-17,21H,5-9,15H2,1-4H3;9-14,16,20H,5-8,15H2,1-4H3;4,7-8,11-14,16,19H,5-6,9-10,15H2,1-3H3/q5*+1. The van der Waals surface area contributed by atoms with Crippen LogP contribution in [0.4, 0.5) is 0 Å². The van der Waals surface area contributed by atoms with E-state index in [1.54, 1.807) is 0 Å². The summed E-state index contributed by atoms with van der Waals surface area (Å²) in [5.74, 6) is 4.47. The number of pyridine rings is 5. The first-order valence-corrected chi connectivity index (χ1v) is 52.2. The molecule has 0 radical (unpaired) electrons. The third-order valence-electron chi connectivity index (χ3n) is 32.7. The van der Waals surface area contributed by atoms with Crippen LogP contribution in [0, 0.1) is 120 Å². The third-order valence-corrected chi connectivity index (χ3v) is 32.7. The van der Waals surface area contributed by atoms with Crippen LogP contribution in [-0.4, -0.2) is 0 Å². The molecule has 5 heterocycles. The molecule has 0 saturated heterocycles. The van der Waals surface area contributed by atoms with Gasteiger partial charge < -0.3 is 0 Å². The fraction of sp³-hybridized carbons (Fsp3) is 0.419. The van der Waals surface area contributed by atoms with Gasteiger partial charge in [-0.3, -0.25) is 0 Å². The molecule has 5 heteroatoms. The van der Waals surface area contributed by atoms with Crippen LogP contribution in [0.1, 0.15) is 267 Å². The van der Waals surface area contributed by atoms with Crippen LogP contribution >= 0.6 is 0 Å². The Morgan fingerprint density at radius 1 is 0.216 bits per heavy atom. The predicted octanol–water partition coefficient (Wildman–Crippen LogP) is 31.0. The van der Waals surface area contributed by atoms with Crippen LogP contribution in [0.3, 0.4) is 0 Å². The van der Waals surface area contributed by atoms with Crippen molar-refractivity contribution in [2.45, 2.75) is 291 Å². The molecule has 5 fully saturated rings. The van der Waals surface area contributed by atoms with E-state index in [2.05, 4.69) is 375 Å². The minimum atomic E-state index is 0.892. The Balaban J connectivity index is 0.000000122. The molecule has 0 atom stereocenters. The van der Waals surface area contributed by atoms with Crippen molar-refractivity contribution in [1.82, 2.24) is 0 Å². The summed E-state index contributed by atoms with van der Waals surface area (Å²) in [6.07, 6.45) is 37.8. The summed E-state index contributed by atoms with van der Waals surface area (Å²) in [6.45, 7) is 35.7. The molecule has 5 aliphatic rings. The molecule has 20 rings (SSSR count). The predicted molar refractivity (Wildman–Crippen MR) is 571 cm³/mol. The molecule has 5 nitrogen and oxygen atoms in total. The van der Waals surface area contributed by atoms with Crippen LogP contribution in [0.25, 0.3) is 110 Å². The van der Waals surface area contributed by atoms with Crippen LogP contribution in [-0.2, 0) is 86.6 Å². The Kier molecular flexibility index (Phi) is 31.0. The minimum absolute atomic E-state index is 0.892. The van der Waals surface area contributed by atoms with Gasteiger partial charge in [-0.25, -0.2) is 0 Å². The van der Waals surface area contributed by atoms with E-state index in [9.17, 15) is 0 Å². The van der Waals surface area contributed by atoms with Crippen LogP contribution in [0.2, 0.25) is 0 Å². The summed E-state index contributed by atoms with van der Waals surface area (Å²) in [5.41, 5.74) is 42.9. The summed E-state index contributed by atoms with van der Waals surface area (Å²) in [6, 6.07) is 79.6. The lowest BCUT2D eigenvalue weighted by atomic mass is 9.90. The largest absolute Gasteiger partial charge is 0.220 e. The maximum Gasteiger partial charge on any atom is 0.220 e. The normalized spacial score (nSPS) is 15.0. The summed E-state index contributed by atoms with van der Waals surface area (Å²) in [7, 11) is 11.0. The maximum atomic E-state index is 2.46. The molecule has 5 aliphatic carbocycles. The Morgan fingerprint density at radius 2 is 0.493 bits per heavy atom. The highest BCUT2D eigenvalue weighted by molar-refractivity contribution is 5.99. The lowest BCUT2D eigenvalue weighted by Crippen LogP contribution is -2.35. The summed E-state index contributed by atoms with van der Waals surface area (Å²) < 4.78 is 11.8. The first-order chi connectivity index (χ1) is 64.7. The number of benzene rings is 10. The van der Waals surface area contributed by atoms with Crippen molar-refractivity contribution < 1.29 is 22.8 Å². The highest BCUT2D eigenvalue weighted by Crippen LogP contribution is 2.42. The molecule has 5 saturated carbocycles. The highest BCUT2D eigenvalue weighted by atomic mass is 15.0. The van der Waals surface area contributed by atoms with Gasteiger partial charge in [0, 0.05) is 81.6 Å². The molecular weight excluding hydrogens is 1620 g/mol. The zero-order valence-electron chi connectivity index (χ0n) is 86.1. The van der Waals surface area contributed by atoms with Gasteiger partial charge in [-0.15, -0.1) is 0 Å². The average molecular weight is 1780 g/mol. The lowest BCUT2D eigenvalue weighted by Gasteiger charge is -2.15. The molecule has 0 amide bonds. The minimum Gasteiger partial charge on any atom is -0.198 e. The molecule has 10 aromatic carbocycles. The van der Waals surface area contributed by atoms with Crippen LogP contribution in [0.5, 0.6) is 0 Å². The SMILES string of the molecule is CCc1cc(CC)c(C)c(-c2c3ccc(CC4CCCC4)cc3cc(C)[n+]2C)c1.CCc1ccc(C)c(-c2c3ccc(CC4CCCC4)cc3cc(C)[n+]2C)c1.Cc1cc(C)c(C)c(-c2c3ccc(CC4CCCC4)cc3cc(C)[n+]2C)c1.Cc1ccc(C)c(-c2c3ccc(CC4CCCC4)cc3cc(C)[n+]2C)c1.Cc1ccccc1-c1c2ccc(CC3CCCC3)cc2cc(C)[n+]1C. The molecular formula is C129H158N5+5. The molecule has 0 N–H and O–H groups in total. The Morgan fingerprint density at radius 3 is 0.821 bits per heavy atom. The number of rotatable bonds is 18. The molecule has 15 aromatic rings. The van der Waals surface area contributed by atoms with E-state index in [4.69, 9.17) is 0 Å². The van der Waals surface area contributed by atoms with Crippen LogP contribution < -0.4 is 22.8 Å². The summed E-state index contributed by atoms with van der Waals surface area (Å²) in [4.78, 5) is 0. The zero-order valence-corrected chi connectivity index (χ0v) is 86.1. The number of aryl methyl sites for hydroxylation is 14. The van der Waals surface area contributed by atoms with Crippen molar-refractivity contribution in [3.63, 3.8) is 0 Å². The molecule has 694 valence electrons. The first kappa shape index (κ1) is 96.4. The zero-order chi connectivity index (χ0) is 94.3. The van der Waals surface area contributed by atoms with Gasteiger partial charge in [-0.05, 0) is 302 Å². The van der Waals surface area contributed by atoms with Gasteiger partial charge in [0.15, 0.2) is 28.5 Å². The molecule has 0 spiro atoms. The molecule has 0 bridgehead atoms. The second-order valence-electron chi connectivity index (χ2n) is 42.4. The summed E-state index contributed by atoms with van der Waals surface area (Å²) >= 11 is 0. The number of aromatic nitrogens is 5. The van der Waals surface area contributed by atoms with Gasteiger partial charge in [0.05, 0.1) is 38.1 Å². The van der Waals surface area contributed by atoms with Crippen molar-refractivity contribution >= 4 is 53.9 Å². The topological polar surface area (TPSA) is 19.4 Å². The Bertz CT molecular complexity index is 6790. The van der Waals surface area contributed by atoms with Gasteiger partial charge in [-0.2, -0.15) is 22.8 Å². The van der Waals surface area contributed by atoms with Crippen molar-refractivity contribution in [3.8, 4) is 56.3 Å². The van der Waals surface area contributed by atoms with E-state index in [1.165, 1.54) is 388 Å². The Hall–Kier alpha value is -10.8. The van der Waals surface area contributed by atoms with Gasteiger partial charge >= 0.3 is 0 Å². The van der Waals surface area contributed by atoms with E-state index in [1.807, 2.05) is 0 Å². The van der Waals surface area contributed by atoms with E-state index in [0.29, 0.717) is 0 Å². The molecule has 0 aliphatic heterocycles. The Labute approximate surface area is 806 Å². The van der Waals surface area contributed by atoms with Crippen molar-refractivity contribution in [3.05, 3.63) is 324 Å². The third kappa shape index (κ3) is 21.7.